The van der Waals surface area contributed by atoms with E-state index in [-0.39, 0.29) is 6.61 Å². The summed E-state index contributed by atoms with van der Waals surface area (Å²) in [5.74, 6) is -0.391. The molecule has 0 aliphatic carbocycles. The summed E-state index contributed by atoms with van der Waals surface area (Å²) >= 11 is 0. The number of fused-ring (bicyclic) bond motifs is 1. The van der Waals surface area contributed by atoms with Crippen molar-refractivity contribution in [3.63, 3.8) is 0 Å². The Labute approximate surface area is 147 Å². The first-order chi connectivity index (χ1) is 11.8. The van der Waals surface area contributed by atoms with Crippen LogP contribution in [0.3, 0.4) is 0 Å². The second kappa shape index (κ2) is 6.43. The molecule has 2 heterocycles. The SMILES string of the molecule is CCOC(=O)N1C(Cc2c[nH]c3ccccc23)C(=O)OC1C(C)(C)C. The smallest absolute Gasteiger partial charge is 0.413 e. The molecule has 2 unspecified atom stereocenters. The van der Waals surface area contributed by atoms with Gasteiger partial charge in [0, 0.05) is 28.9 Å². The molecule has 0 spiro atoms. The Balaban J connectivity index is 1.94. The Morgan fingerprint density at radius 2 is 2.04 bits per heavy atom. The van der Waals surface area contributed by atoms with Crippen LogP contribution in [0.5, 0.6) is 0 Å². The number of carbonyl (C=O) groups excluding carboxylic acids is 2. The predicted octanol–water partition coefficient (Wildman–Crippen LogP) is 3.47. The standard InChI is InChI=1S/C19H24N2O4/c1-5-24-18(23)21-15(16(22)25-17(21)19(2,3)4)10-12-11-20-14-9-7-6-8-13(12)14/h6-9,11,15,17,20H,5,10H2,1-4H3. The molecule has 6 nitrogen and oxygen atoms in total. The number of amides is 1. The third kappa shape index (κ3) is 3.21. The average Bonchev–Trinajstić information content (AvgIpc) is 3.10. The predicted molar refractivity (Wildman–Crippen MR) is 94.0 cm³/mol. The van der Waals surface area contributed by atoms with Crippen LogP contribution >= 0.6 is 0 Å². The van der Waals surface area contributed by atoms with Crippen LogP contribution in [0.4, 0.5) is 4.79 Å². The summed E-state index contributed by atoms with van der Waals surface area (Å²) in [4.78, 5) is 29.7. The monoisotopic (exact) mass is 344 g/mol. The Hall–Kier alpha value is -2.50. The highest BCUT2D eigenvalue weighted by Crippen LogP contribution is 2.35. The topological polar surface area (TPSA) is 71.6 Å². The van der Waals surface area contributed by atoms with Crippen molar-refractivity contribution < 1.29 is 19.1 Å². The number of rotatable bonds is 3. The van der Waals surface area contributed by atoms with Gasteiger partial charge in [0.1, 0.15) is 6.04 Å². The van der Waals surface area contributed by atoms with Gasteiger partial charge in [0.15, 0.2) is 6.23 Å². The van der Waals surface area contributed by atoms with E-state index in [9.17, 15) is 9.59 Å². The summed E-state index contributed by atoms with van der Waals surface area (Å²) in [5, 5.41) is 1.04. The largest absolute Gasteiger partial charge is 0.450 e. The number of nitrogens with one attached hydrogen (secondary N) is 1. The van der Waals surface area contributed by atoms with E-state index >= 15 is 0 Å². The van der Waals surface area contributed by atoms with Crippen LogP contribution in [-0.2, 0) is 20.7 Å². The minimum Gasteiger partial charge on any atom is -0.450 e. The fraction of sp³-hybridized carbons (Fsp3) is 0.474. The van der Waals surface area contributed by atoms with Crippen LogP contribution in [0.1, 0.15) is 33.3 Å². The number of ether oxygens (including phenoxy) is 2. The number of benzene rings is 1. The molecule has 1 aromatic carbocycles. The molecule has 1 saturated heterocycles. The van der Waals surface area contributed by atoms with Crippen molar-refractivity contribution >= 4 is 23.0 Å². The number of hydrogen-bond acceptors (Lipinski definition) is 4. The van der Waals surface area contributed by atoms with Crippen LogP contribution < -0.4 is 0 Å². The number of cyclic esters (lactones) is 1. The molecule has 3 rings (SSSR count). The van der Waals surface area contributed by atoms with Crippen molar-refractivity contribution in [1.29, 1.82) is 0 Å². The van der Waals surface area contributed by atoms with Crippen molar-refractivity contribution in [2.45, 2.75) is 46.4 Å². The number of esters is 1. The van der Waals surface area contributed by atoms with Crippen molar-refractivity contribution in [2.24, 2.45) is 5.41 Å². The number of nitrogens with zero attached hydrogens (tertiary/aromatic N) is 1. The van der Waals surface area contributed by atoms with Gasteiger partial charge in [-0.3, -0.25) is 4.90 Å². The first-order valence-corrected chi connectivity index (χ1v) is 8.53. The second-order valence-corrected chi connectivity index (χ2v) is 7.34. The second-order valence-electron chi connectivity index (χ2n) is 7.34. The third-order valence-electron chi connectivity index (χ3n) is 4.40. The maximum atomic E-state index is 12.5. The fourth-order valence-electron chi connectivity index (χ4n) is 3.23. The lowest BCUT2D eigenvalue weighted by Gasteiger charge is -2.33. The summed E-state index contributed by atoms with van der Waals surface area (Å²) in [6.45, 7) is 7.80. The van der Waals surface area contributed by atoms with Gasteiger partial charge in [-0.15, -0.1) is 0 Å². The number of aromatic nitrogens is 1. The number of H-pyrrole nitrogens is 1. The molecule has 1 aromatic heterocycles. The lowest BCUT2D eigenvalue weighted by Crippen LogP contribution is -2.48. The summed E-state index contributed by atoms with van der Waals surface area (Å²) < 4.78 is 10.7. The highest BCUT2D eigenvalue weighted by atomic mass is 16.6. The molecule has 134 valence electrons. The van der Waals surface area contributed by atoms with E-state index in [1.54, 1.807) is 6.92 Å². The summed E-state index contributed by atoms with van der Waals surface area (Å²) in [6, 6.07) is 7.19. The molecular weight excluding hydrogens is 320 g/mol. The van der Waals surface area contributed by atoms with Crippen molar-refractivity contribution in [2.75, 3.05) is 6.61 Å². The van der Waals surface area contributed by atoms with Gasteiger partial charge in [-0.25, -0.2) is 9.59 Å². The fourth-order valence-corrected chi connectivity index (χ4v) is 3.23. The highest BCUT2D eigenvalue weighted by molar-refractivity contribution is 5.87. The lowest BCUT2D eigenvalue weighted by molar-refractivity contribution is -0.147. The minimum absolute atomic E-state index is 0.250. The lowest BCUT2D eigenvalue weighted by atomic mass is 9.93. The van der Waals surface area contributed by atoms with Gasteiger partial charge in [-0.2, -0.15) is 0 Å². The normalized spacial score (nSPS) is 20.8. The zero-order chi connectivity index (χ0) is 18.2. The van der Waals surface area contributed by atoms with Crippen molar-refractivity contribution in [1.82, 2.24) is 9.88 Å². The van der Waals surface area contributed by atoms with E-state index < -0.39 is 29.7 Å². The average molecular weight is 344 g/mol. The molecule has 2 atom stereocenters. The molecule has 2 aromatic rings. The molecule has 0 radical (unpaired) electrons. The molecule has 6 heteroatoms. The molecule has 0 bridgehead atoms. The van der Waals surface area contributed by atoms with E-state index in [1.807, 2.05) is 51.2 Å². The van der Waals surface area contributed by atoms with Gasteiger partial charge in [0.05, 0.1) is 6.61 Å². The zero-order valence-corrected chi connectivity index (χ0v) is 15.0. The molecule has 1 aliphatic heterocycles. The van der Waals surface area contributed by atoms with Gasteiger partial charge in [-0.1, -0.05) is 39.0 Å². The van der Waals surface area contributed by atoms with Gasteiger partial charge in [-0.05, 0) is 18.6 Å². The Morgan fingerprint density at radius 3 is 2.72 bits per heavy atom. The zero-order valence-electron chi connectivity index (χ0n) is 15.0. The van der Waals surface area contributed by atoms with Gasteiger partial charge >= 0.3 is 12.1 Å². The first-order valence-electron chi connectivity index (χ1n) is 8.53. The van der Waals surface area contributed by atoms with E-state index in [4.69, 9.17) is 9.47 Å². The Morgan fingerprint density at radius 1 is 1.32 bits per heavy atom. The molecule has 25 heavy (non-hydrogen) atoms. The van der Waals surface area contributed by atoms with Gasteiger partial charge < -0.3 is 14.5 Å². The van der Waals surface area contributed by atoms with Crippen LogP contribution in [0, 0.1) is 5.41 Å². The highest BCUT2D eigenvalue weighted by Gasteiger charge is 2.50. The molecule has 1 aliphatic rings. The maximum Gasteiger partial charge on any atom is 0.413 e. The molecular formula is C19H24N2O4. The van der Waals surface area contributed by atoms with Gasteiger partial charge in [0.25, 0.3) is 0 Å². The van der Waals surface area contributed by atoms with Crippen LogP contribution in [0.2, 0.25) is 0 Å². The minimum atomic E-state index is -0.692. The third-order valence-corrected chi connectivity index (χ3v) is 4.40. The summed E-state index contributed by atoms with van der Waals surface area (Å²) in [7, 11) is 0. The van der Waals surface area contributed by atoms with E-state index in [1.165, 1.54) is 4.90 Å². The Kier molecular flexibility index (Phi) is 4.45. The van der Waals surface area contributed by atoms with Crippen LogP contribution in [0.15, 0.2) is 30.5 Å². The number of hydrogen-bond donors (Lipinski definition) is 1. The maximum absolute atomic E-state index is 12.5. The quantitative estimate of drug-likeness (QED) is 0.866. The van der Waals surface area contributed by atoms with E-state index in [0.717, 1.165) is 16.5 Å². The van der Waals surface area contributed by atoms with E-state index in [2.05, 4.69) is 4.98 Å². The molecule has 1 fully saturated rings. The van der Waals surface area contributed by atoms with Crippen molar-refractivity contribution in [3.05, 3.63) is 36.0 Å². The van der Waals surface area contributed by atoms with Gasteiger partial charge in [0.2, 0.25) is 0 Å². The van der Waals surface area contributed by atoms with Crippen LogP contribution in [0.25, 0.3) is 10.9 Å². The molecule has 1 amide bonds. The van der Waals surface area contributed by atoms with E-state index in [0.29, 0.717) is 6.42 Å². The number of para-hydroxylation sites is 1. The summed E-state index contributed by atoms with van der Waals surface area (Å²) in [6.07, 6.45) is 1.10. The first kappa shape index (κ1) is 17.3. The molecule has 1 N–H and O–H groups in total. The number of carbonyl (C=O) groups is 2. The molecule has 0 saturated carbocycles. The van der Waals surface area contributed by atoms with Crippen molar-refractivity contribution in [3.8, 4) is 0 Å². The summed E-state index contributed by atoms with van der Waals surface area (Å²) in [5.41, 5.74) is 1.57. The Bertz CT molecular complexity index is 790. The number of aromatic amines is 1. The van der Waals surface area contributed by atoms with Crippen LogP contribution in [-0.4, -0.2) is 40.8 Å².